The molecule has 102 valence electrons. The smallest absolute Gasteiger partial charge is 0.217 e. The molecular formula is C17H22FN. The number of aromatic nitrogens is 1. The van der Waals surface area contributed by atoms with Gasteiger partial charge in [-0.25, -0.2) is 4.98 Å². The number of nitrogens with zero attached hydrogens (tertiary/aromatic N) is 1. The number of rotatable bonds is 3. The Hall–Kier alpha value is -1.44. The van der Waals surface area contributed by atoms with Crippen LogP contribution in [0.3, 0.4) is 0 Å². The van der Waals surface area contributed by atoms with Gasteiger partial charge >= 0.3 is 0 Å². The Morgan fingerprint density at radius 1 is 1.11 bits per heavy atom. The number of aryl methyl sites for hydroxylation is 1. The molecule has 2 rings (SSSR count). The average molecular weight is 259 g/mol. The summed E-state index contributed by atoms with van der Waals surface area (Å²) in [5, 5.41) is 2.11. The van der Waals surface area contributed by atoms with Crippen molar-refractivity contribution < 1.29 is 4.39 Å². The van der Waals surface area contributed by atoms with Crippen LogP contribution in [0, 0.1) is 5.95 Å². The van der Waals surface area contributed by atoms with Gasteiger partial charge in [0.2, 0.25) is 5.95 Å². The summed E-state index contributed by atoms with van der Waals surface area (Å²) >= 11 is 0. The van der Waals surface area contributed by atoms with Crippen LogP contribution in [0.4, 0.5) is 4.39 Å². The quantitative estimate of drug-likeness (QED) is 0.706. The number of hydrogen-bond donors (Lipinski definition) is 0. The lowest BCUT2D eigenvalue weighted by Gasteiger charge is -2.22. The first-order chi connectivity index (χ1) is 8.95. The summed E-state index contributed by atoms with van der Waals surface area (Å²) in [6.07, 6.45) is 2.99. The summed E-state index contributed by atoms with van der Waals surface area (Å²) in [5.41, 5.74) is 1.38. The van der Waals surface area contributed by atoms with Crippen molar-refractivity contribution in [2.45, 2.75) is 52.4 Å². The minimum Gasteiger partial charge on any atom is -0.224 e. The lowest BCUT2D eigenvalue weighted by Crippen LogP contribution is -2.16. The molecule has 0 fully saturated rings. The highest BCUT2D eigenvalue weighted by molar-refractivity contribution is 5.88. The minimum atomic E-state index is -0.308. The van der Waals surface area contributed by atoms with Gasteiger partial charge in [-0.15, -0.1) is 0 Å². The van der Waals surface area contributed by atoms with Crippen molar-refractivity contribution in [2.75, 3.05) is 0 Å². The molecule has 2 aromatic rings. The van der Waals surface area contributed by atoms with Gasteiger partial charge in [0.05, 0.1) is 5.69 Å². The molecule has 1 heterocycles. The van der Waals surface area contributed by atoms with E-state index >= 15 is 0 Å². The molecule has 1 aromatic carbocycles. The highest BCUT2D eigenvalue weighted by Gasteiger charge is 2.23. The van der Waals surface area contributed by atoms with Crippen LogP contribution in [-0.2, 0) is 11.8 Å². The van der Waals surface area contributed by atoms with Gasteiger partial charge < -0.3 is 0 Å². The molecule has 0 aliphatic carbocycles. The zero-order valence-corrected chi connectivity index (χ0v) is 12.3. The van der Waals surface area contributed by atoms with Crippen LogP contribution in [0.1, 0.15) is 51.8 Å². The van der Waals surface area contributed by atoms with Gasteiger partial charge in [-0.3, -0.25) is 0 Å². The molecule has 0 radical (unpaired) electrons. The first kappa shape index (κ1) is 14.0. The number of pyridine rings is 1. The van der Waals surface area contributed by atoms with E-state index in [1.54, 1.807) is 0 Å². The van der Waals surface area contributed by atoms with E-state index in [2.05, 4.69) is 18.0 Å². The Morgan fingerprint density at radius 2 is 1.74 bits per heavy atom. The molecule has 0 bridgehead atoms. The third kappa shape index (κ3) is 2.78. The molecule has 19 heavy (non-hydrogen) atoms. The highest BCUT2D eigenvalue weighted by Crippen LogP contribution is 2.33. The standard InChI is InChI=1S/C17H22FN/c1-5-6-11-14-12-9-7-8-10-13(12)15(16(18)19-14)17(2,3)4/h7-10H,5-6,11H2,1-4H3. The largest absolute Gasteiger partial charge is 0.224 e. The summed E-state index contributed by atoms with van der Waals surface area (Å²) in [6, 6.07) is 8.04. The fourth-order valence-electron chi connectivity index (χ4n) is 2.55. The number of unbranched alkanes of at least 4 members (excludes halogenated alkanes) is 1. The topological polar surface area (TPSA) is 12.9 Å². The normalized spacial score (nSPS) is 12.1. The summed E-state index contributed by atoms with van der Waals surface area (Å²) in [7, 11) is 0. The van der Waals surface area contributed by atoms with Crippen LogP contribution in [-0.4, -0.2) is 4.98 Å². The fourth-order valence-corrected chi connectivity index (χ4v) is 2.55. The van der Waals surface area contributed by atoms with Crippen LogP contribution in [0.15, 0.2) is 24.3 Å². The number of hydrogen-bond acceptors (Lipinski definition) is 1. The van der Waals surface area contributed by atoms with E-state index in [9.17, 15) is 4.39 Å². The second-order valence-electron chi connectivity index (χ2n) is 6.12. The Kier molecular flexibility index (Phi) is 3.88. The zero-order chi connectivity index (χ0) is 14.0. The van der Waals surface area contributed by atoms with Crippen molar-refractivity contribution in [1.82, 2.24) is 4.98 Å². The fraction of sp³-hybridized carbons (Fsp3) is 0.471. The Labute approximate surface area is 114 Å². The molecule has 0 saturated carbocycles. The molecule has 0 N–H and O–H groups in total. The molecule has 0 spiro atoms. The second kappa shape index (κ2) is 5.28. The first-order valence-corrected chi connectivity index (χ1v) is 7.02. The molecule has 0 unspecified atom stereocenters. The maximum absolute atomic E-state index is 14.4. The average Bonchev–Trinajstić information content (AvgIpc) is 2.34. The maximum Gasteiger partial charge on any atom is 0.217 e. The van der Waals surface area contributed by atoms with Gasteiger partial charge in [-0.1, -0.05) is 58.4 Å². The van der Waals surface area contributed by atoms with E-state index in [-0.39, 0.29) is 11.4 Å². The van der Waals surface area contributed by atoms with E-state index in [0.29, 0.717) is 0 Å². The van der Waals surface area contributed by atoms with Gasteiger partial charge in [-0.05, 0) is 23.6 Å². The molecular weight excluding hydrogens is 237 g/mol. The van der Waals surface area contributed by atoms with Crippen molar-refractivity contribution in [3.63, 3.8) is 0 Å². The van der Waals surface area contributed by atoms with Crippen LogP contribution < -0.4 is 0 Å². The van der Waals surface area contributed by atoms with Gasteiger partial charge in [0, 0.05) is 10.9 Å². The van der Waals surface area contributed by atoms with Crippen LogP contribution >= 0.6 is 0 Å². The SMILES string of the molecule is CCCCc1nc(F)c(C(C)(C)C)c2ccccc12. The summed E-state index contributed by atoms with van der Waals surface area (Å²) in [6.45, 7) is 8.24. The van der Waals surface area contributed by atoms with Gasteiger partial charge in [-0.2, -0.15) is 4.39 Å². The zero-order valence-electron chi connectivity index (χ0n) is 12.3. The van der Waals surface area contributed by atoms with Gasteiger partial charge in [0.1, 0.15) is 0 Å². The first-order valence-electron chi connectivity index (χ1n) is 7.02. The van der Waals surface area contributed by atoms with Crippen molar-refractivity contribution in [1.29, 1.82) is 0 Å². The van der Waals surface area contributed by atoms with Crippen LogP contribution in [0.2, 0.25) is 0 Å². The van der Waals surface area contributed by atoms with E-state index in [0.717, 1.165) is 41.3 Å². The van der Waals surface area contributed by atoms with Crippen molar-refractivity contribution in [3.05, 3.63) is 41.5 Å². The Balaban J connectivity index is 2.70. The predicted octanol–water partition coefficient (Wildman–Crippen LogP) is 5.01. The molecule has 0 atom stereocenters. The van der Waals surface area contributed by atoms with Gasteiger partial charge in [0.25, 0.3) is 0 Å². The van der Waals surface area contributed by atoms with Crippen molar-refractivity contribution in [3.8, 4) is 0 Å². The summed E-state index contributed by atoms with van der Waals surface area (Å²) in [4.78, 5) is 4.24. The van der Waals surface area contributed by atoms with Crippen molar-refractivity contribution >= 4 is 10.8 Å². The minimum absolute atomic E-state index is 0.236. The number of halogens is 1. The molecule has 2 heteroatoms. The van der Waals surface area contributed by atoms with Crippen molar-refractivity contribution in [2.24, 2.45) is 0 Å². The van der Waals surface area contributed by atoms with E-state index in [4.69, 9.17) is 0 Å². The second-order valence-corrected chi connectivity index (χ2v) is 6.12. The molecule has 0 saturated heterocycles. The van der Waals surface area contributed by atoms with Gasteiger partial charge in [0.15, 0.2) is 0 Å². The molecule has 0 aliphatic heterocycles. The third-order valence-electron chi connectivity index (χ3n) is 3.46. The highest BCUT2D eigenvalue weighted by atomic mass is 19.1. The monoisotopic (exact) mass is 259 g/mol. The van der Waals surface area contributed by atoms with Crippen LogP contribution in [0.5, 0.6) is 0 Å². The molecule has 1 nitrogen and oxygen atoms in total. The molecule has 1 aromatic heterocycles. The Bertz CT molecular complexity index is 582. The lowest BCUT2D eigenvalue weighted by molar-refractivity contribution is 0.501. The van der Waals surface area contributed by atoms with E-state index in [1.165, 1.54) is 0 Å². The Morgan fingerprint density at radius 3 is 2.32 bits per heavy atom. The summed E-state index contributed by atoms with van der Waals surface area (Å²) < 4.78 is 14.4. The number of benzene rings is 1. The lowest BCUT2D eigenvalue weighted by atomic mass is 9.84. The number of fused-ring (bicyclic) bond motifs is 1. The molecule has 0 aliphatic rings. The van der Waals surface area contributed by atoms with E-state index < -0.39 is 0 Å². The molecule has 0 amide bonds. The summed E-state index contributed by atoms with van der Waals surface area (Å²) in [5.74, 6) is -0.308. The predicted molar refractivity (Wildman–Crippen MR) is 79.0 cm³/mol. The van der Waals surface area contributed by atoms with E-state index in [1.807, 2.05) is 39.0 Å². The third-order valence-corrected chi connectivity index (χ3v) is 3.46. The van der Waals surface area contributed by atoms with Crippen LogP contribution in [0.25, 0.3) is 10.8 Å². The maximum atomic E-state index is 14.4.